The third kappa shape index (κ3) is 2.78. The number of likely N-dealkylation sites (tertiary alicyclic amines) is 1. The lowest BCUT2D eigenvalue weighted by Crippen LogP contribution is -2.52. The van der Waals surface area contributed by atoms with E-state index in [-0.39, 0.29) is 0 Å². The van der Waals surface area contributed by atoms with Gasteiger partial charge in [-0.15, -0.1) is 0 Å². The maximum atomic E-state index is 3.92. The third-order valence-corrected chi connectivity index (χ3v) is 4.75. The second kappa shape index (κ2) is 5.05. The Bertz CT molecular complexity index is 229. The molecule has 1 saturated carbocycles. The monoisotopic (exact) mass is 224 g/mol. The smallest absolute Gasteiger partial charge is 0.0122 e. The molecule has 1 aliphatic heterocycles. The Hall–Kier alpha value is -0.0800. The third-order valence-electron chi connectivity index (χ3n) is 4.75. The lowest BCUT2D eigenvalue weighted by molar-refractivity contribution is 0.115. The van der Waals surface area contributed by atoms with E-state index in [1.165, 1.54) is 32.2 Å². The molecule has 0 aromatic heterocycles. The van der Waals surface area contributed by atoms with Crippen molar-refractivity contribution in [2.75, 3.05) is 13.6 Å². The molecule has 5 unspecified atom stereocenters. The van der Waals surface area contributed by atoms with Crippen molar-refractivity contribution in [3.8, 4) is 0 Å². The second-order valence-corrected chi connectivity index (χ2v) is 6.39. The summed E-state index contributed by atoms with van der Waals surface area (Å²) in [5.74, 6) is 1.74. The molecule has 0 radical (unpaired) electrons. The fraction of sp³-hybridized carbons (Fsp3) is 1.00. The van der Waals surface area contributed by atoms with Crippen LogP contribution in [0.1, 0.15) is 46.5 Å². The number of rotatable bonds is 2. The van der Waals surface area contributed by atoms with Crippen LogP contribution >= 0.6 is 0 Å². The van der Waals surface area contributed by atoms with E-state index >= 15 is 0 Å². The molecule has 94 valence electrons. The first-order chi connectivity index (χ1) is 7.56. The fourth-order valence-corrected chi connectivity index (χ4v) is 3.43. The van der Waals surface area contributed by atoms with Gasteiger partial charge in [-0.25, -0.2) is 0 Å². The lowest BCUT2D eigenvalue weighted by atomic mass is 9.89. The Labute approximate surface area is 101 Å². The largest absolute Gasteiger partial charge is 0.311 e. The summed E-state index contributed by atoms with van der Waals surface area (Å²) in [5.41, 5.74) is 0. The number of nitrogens with one attached hydrogen (secondary N) is 1. The van der Waals surface area contributed by atoms with Crippen LogP contribution in [-0.2, 0) is 0 Å². The van der Waals surface area contributed by atoms with Gasteiger partial charge in [0, 0.05) is 24.7 Å². The van der Waals surface area contributed by atoms with Crippen molar-refractivity contribution < 1.29 is 0 Å². The van der Waals surface area contributed by atoms with Gasteiger partial charge in [-0.1, -0.05) is 13.8 Å². The van der Waals surface area contributed by atoms with Crippen LogP contribution in [0.15, 0.2) is 0 Å². The zero-order valence-corrected chi connectivity index (χ0v) is 11.4. The Kier molecular flexibility index (Phi) is 3.91. The Morgan fingerprint density at radius 2 is 1.81 bits per heavy atom. The van der Waals surface area contributed by atoms with Gasteiger partial charge in [0.2, 0.25) is 0 Å². The van der Waals surface area contributed by atoms with Crippen LogP contribution in [0.25, 0.3) is 0 Å². The van der Waals surface area contributed by atoms with Crippen molar-refractivity contribution >= 4 is 0 Å². The second-order valence-electron chi connectivity index (χ2n) is 6.39. The molecule has 1 saturated heterocycles. The summed E-state index contributed by atoms with van der Waals surface area (Å²) in [5, 5.41) is 3.92. The predicted molar refractivity (Wildman–Crippen MR) is 69.6 cm³/mol. The summed E-state index contributed by atoms with van der Waals surface area (Å²) >= 11 is 0. The molecule has 0 aromatic rings. The SMILES string of the molecule is CC1CCC(NC2CC(C)N(C)CC2C)C1. The highest BCUT2D eigenvalue weighted by Crippen LogP contribution is 2.28. The van der Waals surface area contributed by atoms with E-state index in [0.717, 1.165) is 30.0 Å². The molecule has 16 heavy (non-hydrogen) atoms. The number of piperidine rings is 1. The summed E-state index contributed by atoms with van der Waals surface area (Å²) in [4.78, 5) is 2.50. The molecule has 2 heteroatoms. The van der Waals surface area contributed by atoms with Gasteiger partial charge < -0.3 is 10.2 Å². The van der Waals surface area contributed by atoms with Crippen LogP contribution in [0, 0.1) is 11.8 Å². The minimum atomic E-state index is 0.743. The Morgan fingerprint density at radius 3 is 2.44 bits per heavy atom. The summed E-state index contributed by atoms with van der Waals surface area (Å²) in [6.45, 7) is 8.40. The first kappa shape index (κ1) is 12.4. The van der Waals surface area contributed by atoms with Gasteiger partial charge in [0.15, 0.2) is 0 Å². The molecule has 5 atom stereocenters. The normalized spacial score (nSPS) is 46.1. The Morgan fingerprint density at radius 1 is 1.06 bits per heavy atom. The molecule has 0 spiro atoms. The maximum Gasteiger partial charge on any atom is 0.0122 e. The van der Waals surface area contributed by atoms with Crippen molar-refractivity contribution in [2.45, 2.75) is 64.6 Å². The van der Waals surface area contributed by atoms with Crippen molar-refractivity contribution in [2.24, 2.45) is 11.8 Å². The van der Waals surface area contributed by atoms with E-state index in [1.54, 1.807) is 0 Å². The molecule has 2 rings (SSSR count). The topological polar surface area (TPSA) is 15.3 Å². The lowest BCUT2D eigenvalue weighted by Gasteiger charge is -2.41. The minimum Gasteiger partial charge on any atom is -0.311 e. The van der Waals surface area contributed by atoms with Crippen LogP contribution in [-0.4, -0.2) is 36.6 Å². The van der Waals surface area contributed by atoms with Crippen LogP contribution in [0.5, 0.6) is 0 Å². The van der Waals surface area contributed by atoms with Crippen LogP contribution in [0.4, 0.5) is 0 Å². The molecule has 1 N–H and O–H groups in total. The number of nitrogens with zero attached hydrogens (tertiary/aromatic N) is 1. The van der Waals surface area contributed by atoms with Gasteiger partial charge in [-0.3, -0.25) is 0 Å². The molecular weight excluding hydrogens is 196 g/mol. The van der Waals surface area contributed by atoms with Gasteiger partial charge in [0.25, 0.3) is 0 Å². The van der Waals surface area contributed by atoms with Crippen molar-refractivity contribution in [3.05, 3.63) is 0 Å². The van der Waals surface area contributed by atoms with Gasteiger partial charge in [-0.05, 0) is 51.5 Å². The Balaban J connectivity index is 1.84. The highest BCUT2D eigenvalue weighted by Gasteiger charge is 2.31. The first-order valence-corrected chi connectivity index (χ1v) is 7.02. The van der Waals surface area contributed by atoms with Gasteiger partial charge in [-0.2, -0.15) is 0 Å². The minimum absolute atomic E-state index is 0.743. The molecule has 2 fully saturated rings. The standard InChI is InChI=1S/C14H28N2/c1-10-5-6-13(7-10)15-14-8-12(3)16(4)9-11(14)2/h10-15H,5-9H2,1-4H3. The quantitative estimate of drug-likeness (QED) is 0.775. The molecule has 0 aromatic carbocycles. The average molecular weight is 224 g/mol. The number of hydrogen-bond donors (Lipinski definition) is 1. The summed E-state index contributed by atoms with van der Waals surface area (Å²) in [6.07, 6.45) is 5.54. The van der Waals surface area contributed by atoms with E-state index < -0.39 is 0 Å². The van der Waals surface area contributed by atoms with E-state index in [1.807, 2.05) is 0 Å². The molecule has 2 aliphatic rings. The van der Waals surface area contributed by atoms with Crippen LogP contribution < -0.4 is 5.32 Å². The number of hydrogen-bond acceptors (Lipinski definition) is 2. The van der Waals surface area contributed by atoms with Crippen molar-refractivity contribution in [1.82, 2.24) is 10.2 Å². The van der Waals surface area contributed by atoms with Crippen LogP contribution in [0.2, 0.25) is 0 Å². The first-order valence-electron chi connectivity index (χ1n) is 7.02. The van der Waals surface area contributed by atoms with Crippen LogP contribution in [0.3, 0.4) is 0 Å². The average Bonchev–Trinajstić information content (AvgIpc) is 2.60. The fourth-order valence-electron chi connectivity index (χ4n) is 3.43. The molecule has 0 bridgehead atoms. The molecule has 2 nitrogen and oxygen atoms in total. The van der Waals surface area contributed by atoms with Crippen molar-refractivity contribution in [3.63, 3.8) is 0 Å². The molecule has 0 amide bonds. The highest BCUT2D eigenvalue weighted by atomic mass is 15.2. The van der Waals surface area contributed by atoms with E-state index in [9.17, 15) is 0 Å². The maximum absolute atomic E-state index is 3.92. The summed E-state index contributed by atoms with van der Waals surface area (Å²) in [7, 11) is 2.26. The zero-order valence-electron chi connectivity index (χ0n) is 11.4. The summed E-state index contributed by atoms with van der Waals surface area (Å²) in [6, 6.07) is 2.30. The van der Waals surface area contributed by atoms with Crippen molar-refractivity contribution in [1.29, 1.82) is 0 Å². The highest BCUT2D eigenvalue weighted by molar-refractivity contribution is 4.90. The van der Waals surface area contributed by atoms with E-state index in [4.69, 9.17) is 0 Å². The van der Waals surface area contributed by atoms with E-state index in [2.05, 4.69) is 38.0 Å². The van der Waals surface area contributed by atoms with Gasteiger partial charge in [0.1, 0.15) is 0 Å². The predicted octanol–water partition coefficient (Wildman–Crippen LogP) is 2.49. The zero-order chi connectivity index (χ0) is 11.7. The van der Waals surface area contributed by atoms with E-state index in [0.29, 0.717) is 0 Å². The van der Waals surface area contributed by atoms with Gasteiger partial charge >= 0.3 is 0 Å². The van der Waals surface area contributed by atoms with Gasteiger partial charge in [0.05, 0.1) is 0 Å². The molecule has 1 heterocycles. The molecule has 1 aliphatic carbocycles. The summed E-state index contributed by atoms with van der Waals surface area (Å²) < 4.78 is 0. The molecular formula is C14H28N2.